The molecule has 1 aromatic carbocycles. The number of rotatable bonds is 7. The maximum atomic E-state index is 12.1. The summed E-state index contributed by atoms with van der Waals surface area (Å²) < 4.78 is 34.1. The van der Waals surface area contributed by atoms with E-state index in [-0.39, 0.29) is 11.8 Å². The van der Waals surface area contributed by atoms with Crippen molar-refractivity contribution in [1.29, 1.82) is 0 Å². The smallest absolute Gasteiger partial charge is 0.387 e. The quantitative estimate of drug-likeness (QED) is 0.831. The van der Waals surface area contributed by atoms with E-state index in [1.54, 1.807) is 12.1 Å². The molecule has 2 unspecified atom stereocenters. The van der Waals surface area contributed by atoms with Gasteiger partial charge in [-0.05, 0) is 50.4 Å². The van der Waals surface area contributed by atoms with Gasteiger partial charge in [0.2, 0.25) is 0 Å². The molecule has 1 saturated heterocycles. The number of hydrogen-bond donors (Lipinski definition) is 1. The number of benzene rings is 1. The molecule has 0 saturated carbocycles. The van der Waals surface area contributed by atoms with E-state index in [1.807, 2.05) is 19.2 Å². The van der Waals surface area contributed by atoms with Crippen LogP contribution < -0.4 is 10.1 Å². The minimum absolute atomic E-state index is 0.192. The van der Waals surface area contributed by atoms with Crippen LogP contribution in [-0.2, 0) is 4.74 Å². The normalized spacial score (nSPS) is 20.3. The van der Waals surface area contributed by atoms with Gasteiger partial charge in [-0.1, -0.05) is 12.1 Å². The molecule has 1 aromatic rings. The van der Waals surface area contributed by atoms with E-state index >= 15 is 0 Å². The first-order chi connectivity index (χ1) is 9.69. The van der Waals surface area contributed by atoms with Gasteiger partial charge in [-0.15, -0.1) is 0 Å². The molecule has 2 rings (SSSR count). The minimum atomic E-state index is -2.78. The average molecular weight is 285 g/mol. The average Bonchev–Trinajstić information content (AvgIpc) is 2.94. The summed E-state index contributed by atoms with van der Waals surface area (Å²) in [6, 6.07) is 7.03. The number of halogens is 2. The highest BCUT2D eigenvalue weighted by molar-refractivity contribution is 5.29. The lowest BCUT2D eigenvalue weighted by Crippen LogP contribution is -2.18. The highest BCUT2D eigenvalue weighted by atomic mass is 19.3. The SMILES string of the molecule is CNC(CCC1CCCO1)c1ccc(OC(F)F)cc1. The fraction of sp³-hybridized carbons (Fsp3) is 0.600. The van der Waals surface area contributed by atoms with Crippen molar-refractivity contribution in [3.63, 3.8) is 0 Å². The largest absolute Gasteiger partial charge is 0.435 e. The molecule has 5 heteroatoms. The van der Waals surface area contributed by atoms with Gasteiger partial charge in [-0.25, -0.2) is 0 Å². The summed E-state index contributed by atoms with van der Waals surface area (Å²) >= 11 is 0. The molecule has 0 bridgehead atoms. The van der Waals surface area contributed by atoms with Gasteiger partial charge >= 0.3 is 6.61 Å². The van der Waals surface area contributed by atoms with Crippen molar-refractivity contribution in [1.82, 2.24) is 5.32 Å². The molecule has 0 aliphatic carbocycles. The second kappa shape index (κ2) is 7.55. The minimum Gasteiger partial charge on any atom is -0.435 e. The van der Waals surface area contributed by atoms with Crippen molar-refractivity contribution in [2.45, 2.75) is 44.4 Å². The zero-order valence-corrected chi connectivity index (χ0v) is 11.6. The van der Waals surface area contributed by atoms with Gasteiger partial charge in [0.05, 0.1) is 6.10 Å². The highest BCUT2D eigenvalue weighted by Crippen LogP contribution is 2.25. The first kappa shape index (κ1) is 15.2. The number of nitrogens with one attached hydrogen (secondary N) is 1. The third-order valence-electron chi connectivity index (χ3n) is 3.66. The number of hydrogen-bond acceptors (Lipinski definition) is 3. The predicted octanol–water partition coefficient (Wildman–Crippen LogP) is 3.51. The third-order valence-corrected chi connectivity index (χ3v) is 3.66. The van der Waals surface area contributed by atoms with Crippen molar-refractivity contribution < 1.29 is 18.3 Å². The molecular formula is C15H21F2NO2. The number of alkyl halides is 2. The molecule has 3 nitrogen and oxygen atoms in total. The summed E-state index contributed by atoms with van der Waals surface area (Å²) in [5, 5.41) is 3.26. The standard InChI is InChI=1S/C15H21F2NO2/c1-18-14(9-8-12-3-2-10-19-12)11-4-6-13(7-5-11)20-15(16)17/h4-7,12,14-15,18H,2-3,8-10H2,1H3. The van der Waals surface area contributed by atoms with E-state index in [4.69, 9.17) is 4.74 Å². The Labute approximate surface area is 118 Å². The van der Waals surface area contributed by atoms with E-state index in [0.29, 0.717) is 6.10 Å². The van der Waals surface area contributed by atoms with Crippen molar-refractivity contribution >= 4 is 0 Å². The lowest BCUT2D eigenvalue weighted by molar-refractivity contribution is -0.0498. The van der Waals surface area contributed by atoms with Crippen LogP contribution in [0.1, 0.15) is 37.3 Å². The maximum absolute atomic E-state index is 12.1. The molecule has 20 heavy (non-hydrogen) atoms. The van der Waals surface area contributed by atoms with Crippen LogP contribution in [0.3, 0.4) is 0 Å². The molecule has 1 heterocycles. The third kappa shape index (κ3) is 4.42. The molecule has 1 aliphatic rings. The molecule has 0 amide bonds. The molecular weight excluding hydrogens is 264 g/mol. The molecule has 2 atom stereocenters. The van der Waals surface area contributed by atoms with Crippen LogP contribution in [0.5, 0.6) is 5.75 Å². The van der Waals surface area contributed by atoms with Crippen LogP contribution in [0.25, 0.3) is 0 Å². The first-order valence-electron chi connectivity index (χ1n) is 7.02. The van der Waals surface area contributed by atoms with Crippen LogP contribution in [0.15, 0.2) is 24.3 Å². The Balaban J connectivity index is 1.89. The van der Waals surface area contributed by atoms with Crippen LogP contribution in [0.2, 0.25) is 0 Å². The summed E-state index contributed by atoms with van der Waals surface area (Å²) in [5.41, 5.74) is 1.08. The van der Waals surface area contributed by atoms with E-state index in [2.05, 4.69) is 10.1 Å². The highest BCUT2D eigenvalue weighted by Gasteiger charge is 2.18. The summed E-state index contributed by atoms with van der Waals surface area (Å²) in [5.74, 6) is 0.192. The van der Waals surface area contributed by atoms with Gasteiger partial charge in [0.15, 0.2) is 0 Å². The Bertz CT molecular complexity index is 391. The Morgan fingerprint density at radius 3 is 2.65 bits per heavy atom. The van der Waals surface area contributed by atoms with Crippen molar-refractivity contribution in [3.8, 4) is 5.75 Å². The van der Waals surface area contributed by atoms with Crippen LogP contribution >= 0.6 is 0 Å². The van der Waals surface area contributed by atoms with E-state index in [0.717, 1.165) is 37.9 Å². The fourth-order valence-corrected chi connectivity index (χ4v) is 2.58. The lowest BCUT2D eigenvalue weighted by atomic mass is 9.99. The Hall–Kier alpha value is -1.20. The summed E-state index contributed by atoms with van der Waals surface area (Å²) in [6.07, 6.45) is 4.63. The van der Waals surface area contributed by atoms with Crippen molar-refractivity contribution in [2.24, 2.45) is 0 Å². The summed E-state index contributed by atoms with van der Waals surface area (Å²) in [4.78, 5) is 0. The van der Waals surface area contributed by atoms with Crippen LogP contribution in [-0.4, -0.2) is 26.4 Å². The van der Waals surface area contributed by atoms with Gasteiger partial charge in [0, 0.05) is 12.6 Å². The van der Waals surface area contributed by atoms with E-state index in [1.165, 1.54) is 0 Å². The van der Waals surface area contributed by atoms with Gasteiger partial charge in [-0.3, -0.25) is 0 Å². The maximum Gasteiger partial charge on any atom is 0.387 e. The van der Waals surface area contributed by atoms with Crippen molar-refractivity contribution in [2.75, 3.05) is 13.7 Å². The summed E-state index contributed by atoms with van der Waals surface area (Å²) in [7, 11) is 1.91. The van der Waals surface area contributed by atoms with Crippen LogP contribution in [0.4, 0.5) is 8.78 Å². The second-order valence-electron chi connectivity index (χ2n) is 5.00. The van der Waals surface area contributed by atoms with Gasteiger partial charge in [0.25, 0.3) is 0 Å². The fourth-order valence-electron chi connectivity index (χ4n) is 2.58. The van der Waals surface area contributed by atoms with Gasteiger partial charge in [-0.2, -0.15) is 8.78 Å². The van der Waals surface area contributed by atoms with E-state index < -0.39 is 6.61 Å². The zero-order chi connectivity index (χ0) is 14.4. The van der Waals surface area contributed by atoms with Crippen molar-refractivity contribution in [3.05, 3.63) is 29.8 Å². The molecule has 0 radical (unpaired) electrons. The topological polar surface area (TPSA) is 30.5 Å². The molecule has 112 valence electrons. The molecule has 0 spiro atoms. The molecule has 0 aromatic heterocycles. The van der Waals surface area contributed by atoms with Gasteiger partial charge in [0.1, 0.15) is 5.75 Å². The lowest BCUT2D eigenvalue weighted by Gasteiger charge is -2.19. The Kier molecular flexibility index (Phi) is 5.73. The first-order valence-corrected chi connectivity index (χ1v) is 7.02. The molecule has 1 N–H and O–H groups in total. The van der Waals surface area contributed by atoms with E-state index in [9.17, 15) is 8.78 Å². The van der Waals surface area contributed by atoms with Crippen LogP contribution in [0, 0.1) is 0 Å². The number of ether oxygens (including phenoxy) is 2. The molecule has 1 aliphatic heterocycles. The Morgan fingerprint density at radius 2 is 2.10 bits per heavy atom. The monoisotopic (exact) mass is 285 g/mol. The predicted molar refractivity (Wildman–Crippen MR) is 73.1 cm³/mol. The Morgan fingerprint density at radius 1 is 1.35 bits per heavy atom. The summed E-state index contributed by atoms with van der Waals surface area (Å²) in [6.45, 7) is -1.91. The van der Waals surface area contributed by atoms with Gasteiger partial charge < -0.3 is 14.8 Å². The zero-order valence-electron chi connectivity index (χ0n) is 11.6. The molecule has 1 fully saturated rings. The second-order valence-corrected chi connectivity index (χ2v) is 5.00.